The van der Waals surface area contributed by atoms with Gasteiger partial charge in [0, 0.05) is 18.6 Å². The van der Waals surface area contributed by atoms with Crippen LogP contribution in [0.15, 0.2) is 47.1 Å². The Balaban J connectivity index is 2.09. The molecular weight excluding hydrogens is 280 g/mol. The van der Waals surface area contributed by atoms with Crippen LogP contribution in [0.3, 0.4) is 0 Å². The summed E-state index contributed by atoms with van der Waals surface area (Å²) >= 11 is 11.2. The summed E-state index contributed by atoms with van der Waals surface area (Å²) in [6, 6.07) is 11.6. The smallest absolute Gasteiger partial charge is 0.169 e. The summed E-state index contributed by atoms with van der Waals surface area (Å²) in [4.78, 5) is 2.04. The van der Waals surface area contributed by atoms with Crippen molar-refractivity contribution in [3.05, 3.63) is 59.0 Å². The van der Waals surface area contributed by atoms with Crippen molar-refractivity contribution in [2.45, 2.75) is 13.1 Å². The largest absolute Gasteiger partial charge is 0.467 e. The van der Waals surface area contributed by atoms with Crippen molar-refractivity contribution in [1.82, 2.24) is 10.2 Å². The van der Waals surface area contributed by atoms with E-state index in [1.54, 1.807) is 6.26 Å². The van der Waals surface area contributed by atoms with E-state index in [2.05, 4.69) is 5.32 Å². The van der Waals surface area contributed by atoms with Gasteiger partial charge >= 0.3 is 0 Å². The number of rotatable bonds is 4. The molecule has 2 aromatic rings. The van der Waals surface area contributed by atoms with Gasteiger partial charge in [-0.1, -0.05) is 23.7 Å². The Morgan fingerprint density at radius 1 is 1.26 bits per heavy atom. The van der Waals surface area contributed by atoms with Crippen LogP contribution >= 0.6 is 23.8 Å². The highest BCUT2D eigenvalue weighted by atomic mass is 35.5. The molecular formula is C14H15ClN2OS. The van der Waals surface area contributed by atoms with Gasteiger partial charge in [0.25, 0.3) is 0 Å². The zero-order valence-electron chi connectivity index (χ0n) is 10.6. The third-order valence-corrected chi connectivity index (χ3v) is 3.43. The summed E-state index contributed by atoms with van der Waals surface area (Å²) in [6.45, 7) is 1.34. The zero-order valence-corrected chi connectivity index (χ0v) is 12.2. The van der Waals surface area contributed by atoms with Gasteiger partial charge in [-0.15, -0.1) is 0 Å². The normalized spacial score (nSPS) is 10.2. The molecule has 0 amide bonds. The first kappa shape index (κ1) is 13.9. The highest BCUT2D eigenvalue weighted by Crippen LogP contribution is 2.14. The van der Waals surface area contributed by atoms with E-state index in [1.807, 2.05) is 48.3 Å². The SMILES string of the molecule is CNC(=S)N(Cc1ccc(Cl)cc1)Cc1ccco1. The summed E-state index contributed by atoms with van der Waals surface area (Å²) in [5.74, 6) is 0.881. The Bertz CT molecular complexity index is 525. The van der Waals surface area contributed by atoms with Gasteiger partial charge in [-0.25, -0.2) is 0 Å². The number of nitrogens with one attached hydrogen (secondary N) is 1. The molecule has 5 heteroatoms. The van der Waals surface area contributed by atoms with Gasteiger partial charge in [-0.2, -0.15) is 0 Å². The Labute approximate surface area is 123 Å². The number of furan rings is 1. The Kier molecular flexibility index (Phi) is 4.82. The van der Waals surface area contributed by atoms with Gasteiger partial charge in [0.05, 0.1) is 12.8 Å². The second kappa shape index (κ2) is 6.59. The lowest BCUT2D eigenvalue weighted by atomic mass is 10.2. The quantitative estimate of drug-likeness (QED) is 0.875. The predicted molar refractivity (Wildman–Crippen MR) is 81.1 cm³/mol. The minimum absolute atomic E-state index is 0.634. The second-order valence-corrected chi connectivity index (χ2v) is 4.94. The Morgan fingerprint density at radius 2 is 2.00 bits per heavy atom. The molecule has 3 nitrogen and oxygen atoms in total. The standard InChI is InChI=1S/C14H15ClN2OS/c1-16-14(19)17(10-13-3-2-8-18-13)9-11-4-6-12(15)7-5-11/h2-8H,9-10H2,1H3,(H,16,19). The van der Waals surface area contributed by atoms with Crippen molar-refractivity contribution in [1.29, 1.82) is 0 Å². The zero-order chi connectivity index (χ0) is 13.7. The van der Waals surface area contributed by atoms with E-state index in [1.165, 1.54) is 0 Å². The summed E-state index contributed by atoms with van der Waals surface area (Å²) in [6.07, 6.45) is 1.66. The summed E-state index contributed by atoms with van der Waals surface area (Å²) < 4.78 is 5.37. The molecule has 0 saturated carbocycles. The number of thiocarbonyl (C=S) groups is 1. The lowest BCUT2D eigenvalue weighted by Crippen LogP contribution is -2.36. The van der Waals surface area contributed by atoms with Crippen LogP contribution in [0.4, 0.5) is 0 Å². The maximum atomic E-state index is 5.89. The lowest BCUT2D eigenvalue weighted by Gasteiger charge is -2.24. The third kappa shape index (κ3) is 3.98. The average Bonchev–Trinajstić information content (AvgIpc) is 2.92. The molecule has 0 unspecified atom stereocenters. The Morgan fingerprint density at radius 3 is 2.58 bits per heavy atom. The average molecular weight is 295 g/mol. The molecule has 0 radical (unpaired) electrons. The van der Waals surface area contributed by atoms with E-state index in [-0.39, 0.29) is 0 Å². The maximum absolute atomic E-state index is 5.89. The van der Waals surface area contributed by atoms with Gasteiger partial charge in [0.15, 0.2) is 5.11 Å². The van der Waals surface area contributed by atoms with Crippen molar-refractivity contribution in [3.8, 4) is 0 Å². The minimum Gasteiger partial charge on any atom is -0.467 e. The topological polar surface area (TPSA) is 28.4 Å². The predicted octanol–water partition coefficient (Wildman–Crippen LogP) is 3.44. The number of benzene rings is 1. The van der Waals surface area contributed by atoms with E-state index in [0.29, 0.717) is 18.2 Å². The number of hydrogen-bond acceptors (Lipinski definition) is 2. The van der Waals surface area contributed by atoms with Crippen molar-refractivity contribution in [2.24, 2.45) is 0 Å². The molecule has 0 bridgehead atoms. The van der Waals surface area contributed by atoms with Crippen molar-refractivity contribution < 1.29 is 4.42 Å². The molecule has 0 aliphatic carbocycles. The van der Waals surface area contributed by atoms with Gasteiger partial charge in [0.2, 0.25) is 0 Å². The molecule has 19 heavy (non-hydrogen) atoms. The fourth-order valence-electron chi connectivity index (χ4n) is 1.76. The maximum Gasteiger partial charge on any atom is 0.169 e. The first-order valence-electron chi connectivity index (χ1n) is 5.92. The van der Waals surface area contributed by atoms with Crippen molar-refractivity contribution in [3.63, 3.8) is 0 Å². The fourth-order valence-corrected chi connectivity index (χ4v) is 2.01. The highest BCUT2D eigenvalue weighted by Gasteiger charge is 2.11. The van der Waals surface area contributed by atoms with Crippen LogP contribution < -0.4 is 5.32 Å². The highest BCUT2D eigenvalue weighted by molar-refractivity contribution is 7.80. The van der Waals surface area contributed by atoms with E-state index < -0.39 is 0 Å². The van der Waals surface area contributed by atoms with Crippen LogP contribution in [0.25, 0.3) is 0 Å². The molecule has 1 heterocycles. The van der Waals surface area contributed by atoms with Crippen LogP contribution in [0.5, 0.6) is 0 Å². The molecule has 0 aliphatic heterocycles. The van der Waals surface area contributed by atoms with Crippen molar-refractivity contribution in [2.75, 3.05) is 7.05 Å². The molecule has 100 valence electrons. The number of nitrogens with zero attached hydrogens (tertiary/aromatic N) is 1. The summed E-state index contributed by atoms with van der Waals surface area (Å²) in [7, 11) is 1.82. The van der Waals surface area contributed by atoms with Gasteiger partial charge in [-0.3, -0.25) is 0 Å². The molecule has 0 fully saturated rings. The van der Waals surface area contributed by atoms with Crippen LogP contribution in [-0.4, -0.2) is 17.1 Å². The fraction of sp³-hybridized carbons (Fsp3) is 0.214. The molecule has 1 aromatic carbocycles. The third-order valence-electron chi connectivity index (χ3n) is 2.71. The van der Waals surface area contributed by atoms with Crippen LogP contribution in [0.2, 0.25) is 5.02 Å². The van der Waals surface area contributed by atoms with E-state index in [4.69, 9.17) is 28.2 Å². The van der Waals surface area contributed by atoms with Crippen molar-refractivity contribution >= 4 is 28.9 Å². The monoisotopic (exact) mass is 294 g/mol. The molecule has 1 aromatic heterocycles. The van der Waals surface area contributed by atoms with Gasteiger partial charge in [-0.05, 0) is 42.0 Å². The van der Waals surface area contributed by atoms with E-state index in [9.17, 15) is 0 Å². The van der Waals surface area contributed by atoms with Crippen LogP contribution in [0.1, 0.15) is 11.3 Å². The van der Waals surface area contributed by atoms with E-state index in [0.717, 1.165) is 16.3 Å². The molecule has 0 aliphatic rings. The second-order valence-electron chi connectivity index (χ2n) is 4.12. The number of halogens is 1. The van der Waals surface area contributed by atoms with Gasteiger partial charge in [0.1, 0.15) is 5.76 Å². The molecule has 1 N–H and O–H groups in total. The first-order chi connectivity index (χ1) is 9.19. The molecule has 2 rings (SSSR count). The lowest BCUT2D eigenvalue weighted by molar-refractivity contribution is 0.353. The molecule has 0 spiro atoms. The Hall–Kier alpha value is -1.52. The molecule has 0 saturated heterocycles. The van der Waals surface area contributed by atoms with Gasteiger partial charge < -0.3 is 14.6 Å². The van der Waals surface area contributed by atoms with Crippen LogP contribution in [0, 0.1) is 0 Å². The summed E-state index contributed by atoms with van der Waals surface area (Å²) in [5, 5.41) is 4.42. The van der Waals surface area contributed by atoms with Crippen LogP contribution in [-0.2, 0) is 13.1 Å². The first-order valence-corrected chi connectivity index (χ1v) is 6.71. The number of hydrogen-bond donors (Lipinski definition) is 1. The molecule has 0 atom stereocenters. The minimum atomic E-state index is 0.634. The summed E-state index contributed by atoms with van der Waals surface area (Å²) in [5.41, 5.74) is 1.15. The van der Waals surface area contributed by atoms with E-state index >= 15 is 0 Å².